The molecule has 1 aliphatic carbocycles. The normalized spacial score (nSPS) is 18.6. The smallest absolute Gasteiger partial charge is 0.297 e. The molecule has 194 valence electrons. The van der Waals surface area contributed by atoms with Crippen molar-refractivity contribution in [1.82, 2.24) is 9.80 Å². The van der Waals surface area contributed by atoms with E-state index in [1.165, 1.54) is 11.1 Å². The van der Waals surface area contributed by atoms with Gasteiger partial charge in [0.1, 0.15) is 0 Å². The summed E-state index contributed by atoms with van der Waals surface area (Å²) < 4.78 is 40.2. The Morgan fingerprint density at radius 3 is 1.83 bits per heavy atom. The van der Waals surface area contributed by atoms with Crippen molar-refractivity contribution in [2.45, 2.75) is 37.0 Å². The van der Waals surface area contributed by atoms with Gasteiger partial charge < -0.3 is 0 Å². The summed E-state index contributed by atoms with van der Waals surface area (Å²) in [6.07, 6.45) is -3.76. The molecule has 0 aromatic heterocycles. The standard InChI is InChI=1S/C28H28ClF3N2.2ClH/c29-25-12-8-23(9-13-25)26(22-4-2-1-3-5-22)34-18-16-33(17-19-34)20-21-6-10-24(11-7-21)27(14-15-27)28(30,31)32;;/h1-13,26H,14-20H2;2*1H. The molecule has 36 heavy (non-hydrogen) atoms. The number of alkyl halides is 3. The lowest BCUT2D eigenvalue weighted by molar-refractivity contribution is -0.160. The van der Waals surface area contributed by atoms with Crippen LogP contribution in [0.1, 0.15) is 41.1 Å². The van der Waals surface area contributed by atoms with Gasteiger partial charge in [-0.25, -0.2) is 0 Å². The molecule has 0 radical (unpaired) electrons. The topological polar surface area (TPSA) is 6.48 Å². The quantitative estimate of drug-likeness (QED) is 0.307. The van der Waals surface area contributed by atoms with Crippen molar-refractivity contribution in [2.75, 3.05) is 26.2 Å². The van der Waals surface area contributed by atoms with Crippen molar-refractivity contribution < 1.29 is 13.2 Å². The number of piperazine rings is 1. The van der Waals surface area contributed by atoms with Crippen LogP contribution in [-0.2, 0) is 12.0 Å². The number of halogens is 6. The lowest BCUT2D eigenvalue weighted by atomic mass is 9.94. The van der Waals surface area contributed by atoms with Gasteiger partial charge >= 0.3 is 6.18 Å². The summed E-state index contributed by atoms with van der Waals surface area (Å²) in [6, 6.07) is 25.9. The minimum absolute atomic E-state index is 0. The second-order valence-corrected chi connectivity index (χ2v) is 9.89. The molecule has 2 aliphatic rings. The van der Waals surface area contributed by atoms with Crippen LogP contribution in [0.5, 0.6) is 0 Å². The van der Waals surface area contributed by atoms with E-state index >= 15 is 0 Å². The maximum absolute atomic E-state index is 13.4. The molecule has 0 N–H and O–H groups in total. The predicted molar refractivity (Wildman–Crippen MR) is 144 cm³/mol. The average molecular weight is 558 g/mol. The molecule has 1 saturated carbocycles. The molecule has 1 atom stereocenters. The molecule has 1 unspecified atom stereocenters. The Morgan fingerprint density at radius 1 is 0.750 bits per heavy atom. The first-order valence-corrected chi connectivity index (χ1v) is 12.2. The Morgan fingerprint density at radius 2 is 1.31 bits per heavy atom. The minimum Gasteiger partial charge on any atom is -0.297 e. The fourth-order valence-electron chi connectivity index (χ4n) is 5.12. The molecule has 8 heteroatoms. The van der Waals surface area contributed by atoms with Crippen molar-refractivity contribution in [1.29, 1.82) is 0 Å². The summed E-state index contributed by atoms with van der Waals surface area (Å²) >= 11 is 6.13. The summed E-state index contributed by atoms with van der Waals surface area (Å²) in [5.74, 6) is 0. The molecule has 1 saturated heterocycles. The van der Waals surface area contributed by atoms with Crippen LogP contribution in [0.4, 0.5) is 13.2 Å². The lowest BCUT2D eigenvalue weighted by Gasteiger charge is -2.40. The van der Waals surface area contributed by atoms with Gasteiger partial charge in [-0.05, 0) is 47.2 Å². The highest BCUT2D eigenvalue weighted by molar-refractivity contribution is 6.30. The van der Waals surface area contributed by atoms with Gasteiger partial charge in [0.05, 0.1) is 11.5 Å². The number of hydrogen-bond acceptors (Lipinski definition) is 2. The molecular formula is C28H30Cl3F3N2. The van der Waals surface area contributed by atoms with Crippen LogP contribution in [0.3, 0.4) is 0 Å². The second kappa shape index (κ2) is 11.7. The van der Waals surface area contributed by atoms with Crippen molar-refractivity contribution >= 4 is 36.4 Å². The largest absolute Gasteiger partial charge is 0.398 e. The Labute approximate surface area is 228 Å². The molecule has 1 heterocycles. The van der Waals surface area contributed by atoms with Crippen molar-refractivity contribution in [3.8, 4) is 0 Å². The molecule has 2 fully saturated rings. The van der Waals surface area contributed by atoms with Gasteiger partial charge in [-0.1, -0.05) is 78.3 Å². The summed E-state index contributed by atoms with van der Waals surface area (Å²) in [7, 11) is 0. The first kappa shape index (κ1) is 28.8. The molecule has 0 bridgehead atoms. The maximum atomic E-state index is 13.4. The van der Waals surface area contributed by atoms with Crippen LogP contribution in [0, 0.1) is 0 Å². The van der Waals surface area contributed by atoms with Crippen LogP contribution in [0.25, 0.3) is 0 Å². The fraction of sp³-hybridized carbons (Fsp3) is 0.357. The first-order valence-electron chi connectivity index (χ1n) is 11.8. The SMILES string of the molecule is Cl.Cl.FC(F)(F)C1(c2ccc(CN3CCN(C(c4ccccc4)c4ccc(Cl)cc4)CC3)cc2)CC1. The summed E-state index contributed by atoms with van der Waals surface area (Å²) in [5, 5.41) is 0.731. The molecule has 5 rings (SSSR count). The molecule has 0 spiro atoms. The van der Waals surface area contributed by atoms with Crippen LogP contribution in [0.15, 0.2) is 78.9 Å². The zero-order valence-corrected chi connectivity index (χ0v) is 22.1. The fourth-order valence-corrected chi connectivity index (χ4v) is 5.25. The summed E-state index contributed by atoms with van der Waals surface area (Å²) in [4.78, 5) is 4.88. The van der Waals surface area contributed by atoms with E-state index in [1.807, 2.05) is 30.3 Å². The Balaban J connectivity index is 0.00000180. The van der Waals surface area contributed by atoms with Gasteiger partial charge in [-0.15, -0.1) is 24.8 Å². The second-order valence-electron chi connectivity index (χ2n) is 9.45. The van der Waals surface area contributed by atoms with Gasteiger partial charge in [0.2, 0.25) is 0 Å². The number of rotatable bonds is 6. The van der Waals surface area contributed by atoms with E-state index in [0.29, 0.717) is 5.56 Å². The zero-order chi connectivity index (χ0) is 23.8. The minimum atomic E-state index is -4.16. The van der Waals surface area contributed by atoms with Gasteiger partial charge in [-0.3, -0.25) is 9.80 Å². The molecule has 1 aliphatic heterocycles. The van der Waals surface area contributed by atoms with Crippen molar-refractivity contribution in [3.63, 3.8) is 0 Å². The molecular weight excluding hydrogens is 528 g/mol. The number of benzene rings is 3. The molecule has 2 nitrogen and oxygen atoms in total. The number of nitrogens with zero attached hydrogens (tertiary/aromatic N) is 2. The number of hydrogen-bond donors (Lipinski definition) is 0. The average Bonchev–Trinajstić information content (AvgIpc) is 3.65. The highest BCUT2D eigenvalue weighted by Gasteiger charge is 2.64. The lowest BCUT2D eigenvalue weighted by Crippen LogP contribution is -2.47. The third kappa shape index (κ3) is 6.03. The third-order valence-electron chi connectivity index (χ3n) is 7.28. The van der Waals surface area contributed by atoms with Crippen LogP contribution >= 0.6 is 36.4 Å². The van der Waals surface area contributed by atoms with Crippen molar-refractivity contribution in [2.24, 2.45) is 0 Å². The summed E-state index contributed by atoms with van der Waals surface area (Å²) in [6.45, 7) is 4.40. The first-order chi connectivity index (χ1) is 16.4. The Bertz CT molecular complexity index is 1090. The monoisotopic (exact) mass is 556 g/mol. The Kier molecular flexibility index (Phi) is 9.40. The van der Waals surface area contributed by atoms with E-state index in [9.17, 15) is 13.2 Å². The van der Waals surface area contributed by atoms with Gasteiger partial charge in [0, 0.05) is 37.7 Å². The zero-order valence-electron chi connectivity index (χ0n) is 19.8. The van der Waals surface area contributed by atoms with E-state index in [-0.39, 0.29) is 43.7 Å². The van der Waals surface area contributed by atoms with Crippen molar-refractivity contribution in [3.05, 3.63) is 106 Å². The van der Waals surface area contributed by atoms with E-state index in [2.05, 4.69) is 46.2 Å². The maximum Gasteiger partial charge on any atom is 0.398 e. The van der Waals surface area contributed by atoms with Crippen LogP contribution in [-0.4, -0.2) is 42.2 Å². The van der Waals surface area contributed by atoms with Gasteiger partial charge in [0.15, 0.2) is 0 Å². The van der Waals surface area contributed by atoms with E-state index in [4.69, 9.17) is 11.6 Å². The molecule has 3 aromatic rings. The van der Waals surface area contributed by atoms with Crippen LogP contribution < -0.4 is 0 Å². The van der Waals surface area contributed by atoms with Crippen LogP contribution in [0.2, 0.25) is 5.02 Å². The summed E-state index contributed by atoms with van der Waals surface area (Å²) in [5.41, 5.74) is 2.34. The predicted octanol–water partition coefficient (Wildman–Crippen LogP) is 7.68. The third-order valence-corrected chi connectivity index (χ3v) is 7.53. The van der Waals surface area contributed by atoms with E-state index in [0.717, 1.165) is 43.3 Å². The van der Waals surface area contributed by atoms with Gasteiger partial charge in [-0.2, -0.15) is 13.2 Å². The van der Waals surface area contributed by atoms with E-state index < -0.39 is 11.6 Å². The molecule has 3 aromatic carbocycles. The highest BCUT2D eigenvalue weighted by atomic mass is 35.5. The Hall–Kier alpha value is -1.76. The molecule has 0 amide bonds. The highest BCUT2D eigenvalue weighted by Crippen LogP contribution is 2.58. The van der Waals surface area contributed by atoms with Gasteiger partial charge in [0.25, 0.3) is 0 Å². The van der Waals surface area contributed by atoms with E-state index in [1.54, 1.807) is 12.1 Å².